The predicted molar refractivity (Wildman–Crippen MR) is 134 cm³/mol. The molecule has 0 aliphatic carbocycles. The van der Waals surface area contributed by atoms with Crippen LogP contribution in [0.4, 0.5) is 5.69 Å². The molecule has 160 valence electrons. The van der Waals surface area contributed by atoms with Crippen LogP contribution in [-0.2, 0) is 6.42 Å². The average molecular weight is 439 g/mol. The Balaban J connectivity index is 1.66. The molecule has 2 atom stereocenters. The van der Waals surface area contributed by atoms with E-state index < -0.39 is 0 Å². The fourth-order valence-corrected chi connectivity index (χ4v) is 4.86. The molecule has 5 rings (SSSR count). The van der Waals surface area contributed by atoms with E-state index in [0.29, 0.717) is 5.11 Å². The quantitative estimate of drug-likeness (QED) is 0.392. The Bertz CT molecular complexity index is 1230. The molecule has 0 unspecified atom stereocenters. The first-order valence-corrected chi connectivity index (χ1v) is 11.4. The number of anilines is 1. The SMILES string of the molecule is CCc1ccc(N2C(=S)N[C@H](c3ccccn3)[C@@H]2c2cccn2-c2ccccc2C)cc1. The van der Waals surface area contributed by atoms with Gasteiger partial charge in [-0.05, 0) is 79.2 Å². The smallest absolute Gasteiger partial charge is 0.174 e. The van der Waals surface area contributed by atoms with Crippen LogP contribution in [0.3, 0.4) is 0 Å². The van der Waals surface area contributed by atoms with E-state index in [0.717, 1.165) is 17.8 Å². The van der Waals surface area contributed by atoms with Gasteiger partial charge in [-0.25, -0.2) is 0 Å². The van der Waals surface area contributed by atoms with Gasteiger partial charge in [-0.3, -0.25) is 4.98 Å². The lowest BCUT2D eigenvalue weighted by molar-refractivity contribution is 0.549. The number of pyridine rings is 1. The number of para-hydroxylation sites is 1. The molecule has 0 amide bonds. The van der Waals surface area contributed by atoms with Crippen molar-refractivity contribution >= 4 is 23.0 Å². The minimum atomic E-state index is -0.0628. The van der Waals surface area contributed by atoms with Crippen molar-refractivity contribution in [3.63, 3.8) is 0 Å². The van der Waals surface area contributed by atoms with Crippen LogP contribution < -0.4 is 10.2 Å². The molecule has 0 saturated carbocycles. The Kier molecular flexibility index (Phi) is 5.50. The Hall–Kier alpha value is -3.44. The fourth-order valence-electron chi connectivity index (χ4n) is 4.51. The van der Waals surface area contributed by atoms with E-state index in [-0.39, 0.29) is 12.1 Å². The monoisotopic (exact) mass is 438 g/mol. The molecule has 1 saturated heterocycles. The summed E-state index contributed by atoms with van der Waals surface area (Å²) < 4.78 is 2.28. The van der Waals surface area contributed by atoms with Crippen molar-refractivity contribution in [1.82, 2.24) is 14.9 Å². The lowest BCUT2D eigenvalue weighted by Crippen LogP contribution is -2.30. The standard InChI is InChI=1S/C27H26N4S/c1-3-20-13-15-21(16-14-20)31-26(25(29-27(31)32)22-10-6-7-17-28-22)24-12-8-18-30(24)23-11-5-4-9-19(23)2/h4-18,25-26H,3H2,1-2H3,(H,29,32)/t25-,26+/m1/s1. The van der Waals surface area contributed by atoms with Gasteiger partial charge >= 0.3 is 0 Å². The highest BCUT2D eigenvalue weighted by Gasteiger charge is 2.42. The number of hydrogen-bond donors (Lipinski definition) is 1. The molecule has 1 aliphatic rings. The van der Waals surface area contributed by atoms with E-state index in [9.17, 15) is 0 Å². The molecule has 4 aromatic rings. The highest BCUT2D eigenvalue weighted by atomic mass is 32.1. The van der Waals surface area contributed by atoms with Crippen molar-refractivity contribution < 1.29 is 0 Å². The van der Waals surface area contributed by atoms with Gasteiger partial charge in [0.1, 0.15) is 6.04 Å². The molecular weight excluding hydrogens is 412 g/mol. The Morgan fingerprint density at radius 2 is 1.72 bits per heavy atom. The molecule has 0 spiro atoms. The molecule has 0 radical (unpaired) electrons. The Morgan fingerprint density at radius 3 is 2.44 bits per heavy atom. The van der Waals surface area contributed by atoms with Crippen LogP contribution in [0.2, 0.25) is 0 Å². The van der Waals surface area contributed by atoms with Gasteiger partial charge in [-0.15, -0.1) is 0 Å². The second-order valence-corrected chi connectivity index (χ2v) is 8.49. The number of rotatable bonds is 5. The number of nitrogens with one attached hydrogen (secondary N) is 1. The fraction of sp³-hybridized carbons (Fsp3) is 0.185. The maximum absolute atomic E-state index is 5.88. The van der Waals surface area contributed by atoms with Gasteiger partial charge in [0.15, 0.2) is 5.11 Å². The summed E-state index contributed by atoms with van der Waals surface area (Å²) in [5.74, 6) is 0. The van der Waals surface area contributed by atoms with Gasteiger partial charge < -0.3 is 14.8 Å². The molecule has 1 N–H and O–H groups in total. The van der Waals surface area contributed by atoms with E-state index >= 15 is 0 Å². The summed E-state index contributed by atoms with van der Waals surface area (Å²) in [7, 11) is 0. The van der Waals surface area contributed by atoms with Gasteiger partial charge in [0.05, 0.1) is 11.7 Å². The number of nitrogens with zero attached hydrogens (tertiary/aromatic N) is 3. The summed E-state index contributed by atoms with van der Waals surface area (Å²) >= 11 is 5.88. The van der Waals surface area contributed by atoms with Crippen LogP contribution in [0, 0.1) is 6.92 Å². The van der Waals surface area contributed by atoms with Crippen molar-refractivity contribution in [2.24, 2.45) is 0 Å². The maximum atomic E-state index is 5.88. The number of hydrogen-bond acceptors (Lipinski definition) is 2. The van der Waals surface area contributed by atoms with Crippen LogP contribution >= 0.6 is 12.2 Å². The minimum absolute atomic E-state index is 0.0421. The van der Waals surface area contributed by atoms with Crippen LogP contribution in [-0.4, -0.2) is 14.7 Å². The molecule has 1 aliphatic heterocycles. The zero-order chi connectivity index (χ0) is 22.1. The number of benzene rings is 2. The predicted octanol–water partition coefficient (Wildman–Crippen LogP) is 5.92. The molecule has 4 nitrogen and oxygen atoms in total. The maximum Gasteiger partial charge on any atom is 0.174 e. The van der Waals surface area contributed by atoms with Crippen LogP contribution in [0.25, 0.3) is 5.69 Å². The first kappa shape index (κ1) is 20.5. The van der Waals surface area contributed by atoms with Crippen LogP contribution in [0.1, 0.15) is 41.5 Å². The van der Waals surface area contributed by atoms with Crippen molar-refractivity contribution in [2.45, 2.75) is 32.4 Å². The first-order chi connectivity index (χ1) is 15.7. The average Bonchev–Trinajstić information content (AvgIpc) is 3.44. The van der Waals surface area contributed by atoms with E-state index in [1.165, 1.54) is 22.5 Å². The second kappa shape index (κ2) is 8.60. The molecular formula is C27H26N4S. The molecule has 0 bridgehead atoms. The largest absolute Gasteiger partial charge is 0.351 e. The normalized spacial score (nSPS) is 18.1. The number of thiocarbonyl (C=S) groups is 1. The highest BCUT2D eigenvalue weighted by molar-refractivity contribution is 7.80. The third-order valence-electron chi connectivity index (χ3n) is 6.18. The molecule has 1 fully saturated rings. The molecule has 2 aromatic carbocycles. The Labute approximate surface area is 194 Å². The van der Waals surface area contributed by atoms with E-state index in [2.05, 4.69) is 107 Å². The van der Waals surface area contributed by atoms with Crippen molar-refractivity contribution in [3.05, 3.63) is 114 Å². The third kappa shape index (κ3) is 3.59. The lowest BCUT2D eigenvalue weighted by Gasteiger charge is -2.29. The van der Waals surface area contributed by atoms with Crippen molar-refractivity contribution in [3.8, 4) is 5.69 Å². The second-order valence-electron chi connectivity index (χ2n) is 8.11. The molecule has 2 aromatic heterocycles. The van der Waals surface area contributed by atoms with Gasteiger partial charge in [-0.2, -0.15) is 0 Å². The number of aryl methyl sites for hydroxylation is 2. The summed E-state index contributed by atoms with van der Waals surface area (Å²) in [5.41, 5.74) is 6.94. The van der Waals surface area contributed by atoms with Crippen LogP contribution in [0.5, 0.6) is 0 Å². The molecule has 32 heavy (non-hydrogen) atoms. The van der Waals surface area contributed by atoms with Crippen LogP contribution in [0.15, 0.2) is 91.3 Å². The van der Waals surface area contributed by atoms with E-state index in [1.54, 1.807) is 0 Å². The van der Waals surface area contributed by atoms with E-state index in [1.807, 2.05) is 18.3 Å². The summed E-state index contributed by atoms with van der Waals surface area (Å²) in [5, 5.41) is 4.28. The van der Waals surface area contributed by atoms with Gasteiger partial charge in [0.2, 0.25) is 0 Å². The zero-order valence-electron chi connectivity index (χ0n) is 18.3. The molecule has 3 heterocycles. The van der Waals surface area contributed by atoms with Gasteiger partial charge in [0, 0.05) is 29.5 Å². The molecule has 5 heteroatoms. The first-order valence-electron chi connectivity index (χ1n) is 11.0. The minimum Gasteiger partial charge on any atom is -0.351 e. The zero-order valence-corrected chi connectivity index (χ0v) is 19.1. The summed E-state index contributed by atoms with van der Waals surface area (Å²) in [6.45, 7) is 4.32. The lowest BCUT2D eigenvalue weighted by atomic mass is 10.00. The van der Waals surface area contributed by atoms with Gasteiger partial charge in [0.25, 0.3) is 0 Å². The Morgan fingerprint density at radius 1 is 0.938 bits per heavy atom. The van der Waals surface area contributed by atoms with Gasteiger partial charge in [-0.1, -0.05) is 43.3 Å². The third-order valence-corrected chi connectivity index (χ3v) is 6.49. The van der Waals surface area contributed by atoms with Crippen molar-refractivity contribution in [2.75, 3.05) is 4.90 Å². The summed E-state index contributed by atoms with van der Waals surface area (Å²) in [6.07, 6.45) is 4.99. The van der Waals surface area contributed by atoms with Crippen molar-refractivity contribution in [1.29, 1.82) is 0 Å². The van der Waals surface area contributed by atoms with E-state index in [4.69, 9.17) is 12.2 Å². The topological polar surface area (TPSA) is 33.1 Å². The number of aromatic nitrogens is 2. The summed E-state index contributed by atoms with van der Waals surface area (Å²) in [4.78, 5) is 6.91. The highest BCUT2D eigenvalue weighted by Crippen LogP contribution is 2.42. The summed E-state index contributed by atoms with van der Waals surface area (Å²) in [6, 6.07) is 27.4.